The van der Waals surface area contributed by atoms with Crippen LogP contribution in [0.3, 0.4) is 0 Å². The van der Waals surface area contributed by atoms with E-state index < -0.39 is 6.03 Å². The molecule has 0 aromatic carbocycles. The highest BCUT2D eigenvalue weighted by Crippen LogP contribution is 2.27. The van der Waals surface area contributed by atoms with Gasteiger partial charge in [0, 0.05) is 11.8 Å². The normalized spacial score (nSPS) is 22.4. The predicted octanol–water partition coefficient (Wildman–Crippen LogP) is 2.49. The Morgan fingerprint density at radius 2 is 1.94 bits per heavy atom. The number of fused-ring (bicyclic) bond motifs is 1. The van der Waals surface area contributed by atoms with Crippen LogP contribution in [-0.4, -0.2) is 31.7 Å². The van der Waals surface area contributed by atoms with Crippen LogP contribution >= 0.6 is 0 Å². The van der Waals surface area contributed by atoms with Crippen LogP contribution < -0.4 is 0 Å². The van der Waals surface area contributed by atoms with Crippen molar-refractivity contribution in [3.63, 3.8) is 0 Å². The molecule has 2 rings (SSSR count). The summed E-state index contributed by atoms with van der Waals surface area (Å²) in [6.07, 6.45) is 5.36. The van der Waals surface area contributed by atoms with Crippen LogP contribution in [0.1, 0.15) is 19.8 Å². The van der Waals surface area contributed by atoms with Crippen LogP contribution in [-0.2, 0) is 9.47 Å². The van der Waals surface area contributed by atoms with Gasteiger partial charge in [-0.2, -0.15) is 4.99 Å². The third-order valence-electron chi connectivity index (χ3n) is 2.93. The van der Waals surface area contributed by atoms with Gasteiger partial charge in [-0.15, -0.1) is 0 Å². The summed E-state index contributed by atoms with van der Waals surface area (Å²) >= 11 is 0. The minimum Gasteiger partial charge on any atom is -0.493 e. The number of methoxy groups -OCH3 is 2. The Hall–Kier alpha value is -1.91. The molecule has 0 radical (unpaired) electrons. The molecule has 1 heterocycles. The van der Waals surface area contributed by atoms with E-state index in [4.69, 9.17) is 9.47 Å². The average molecular weight is 248 g/mol. The molecule has 0 N–H and O–H groups in total. The first-order valence-electron chi connectivity index (χ1n) is 5.91. The molecule has 1 aliphatic carbocycles. The van der Waals surface area contributed by atoms with Crippen LogP contribution in [0.2, 0.25) is 0 Å². The lowest BCUT2D eigenvalue weighted by Gasteiger charge is -2.24. The van der Waals surface area contributed by atoms with E-state index in [0.717, 1.165) is 18.6 Å². The summed E-state index contributed by atoms with van der Waals surface area (Å²) in [5.41, 5.74) is 1.52. The number of nitrogens with zero attached hydrogens (tertiary/aromatic N) is 2. The molecule has 1 aliphatic heterocycles. The number of allylic oxidation sites excluding steroid dienone is 2. The largest absolute Gasteiger partial charge is 0.493 e. The topological polar surface area (TPSA) is 60.2 Å². The highest BCUT2D eigenvalue weighted by Gasteiger charge is 2.30. The number of urea groups is 1. The molecule has 2 aliphatic rings. The molecular formula is C13H16N2O3. The Bertz CT molecular complexity index is 486. The van der Waals surface area contributed by atoms with Crippen LogP contribution in [0.4, 0.5) is 4.79 Å². The Kier molecular flexibility index (Phi) is 3.60. The van der Waals surface area contributed by atoms with Gasteiger partial charge in [-0.25, -0.2) is 9.79 Å². The van der Waals surface area contributed by atoms with E-state index in [2.05, 4.69) is 16.9 Å². The number of amides is 2. The number of aliphatic imine (C=N–C) groups is 2. The minimum atomic E-state index is -0.439. The minimum absolute atomic E-state index is 0.0727. The molecule has 0 saturated heterocycles. The highest BCUT2D eigenvalue weighted by atomic mass is 16.5. The molecule has 0 aromatic rings. The maximum Gasteiger partial charge on any atom is 0.367 e. The lowest BCUT2D eigenvalue weighted by Crippen LogP contribution is -2.29. The van der Waals surface area contributed by atoms with Crippen molar-refractivity contribution in [2.75, 3.05) is 14.2 Å². The third kappa shape index (κ3) is 2.20. The van der Waals surface area contributed by atoms with Gasteiger partial charge in [0.05, 0.1) is 25.8 Å². The molecule has 0 fully saturated rings. The predicted molar refractivity (Wildman–Crippen MR) is 68.8 cm³/mol. The van der Waals surface area contributed by atoms with Crippen molar-refractivity contribution >= 4 is 17.5 Å². The maximum atomic E-state index is 11.5. The van der Waals surface area contributed by atoms with Crippen molar-refractivity contribution in [1.29, 1.82) is 0 Å². The molecule has 0 spiro atoms. The molecule has 5 nitrogen and oxygen atoms in total. The first-order chi connectivity index (χ1) is 8.69. The van der Waals surface area contributed by atoms with Gasteiger partial charge in [0.1, 0.15) is 0 Å². The fourth-order valence-electron chi connectivity index (χ4n) is 2.11. The molecule has 1 unspecified atom stereocenters. The first-order valence-corrected chi connectivity index (χ1v) is 5.91. The van der Waals surface area contributed by atoms with Gasteiger partial charge in [-0.1, -0.05) is 13.3 Å². The zero-order valence-electron chi connectivity index (χ0n) is 10.8. The van der Waals surface area contributed by atoms with Gasteiger partial charge in [-0.3, -0.25) is 0 Å². The zero-order chi connectivity index (χ0) is 13.1. The molecule has 18 heavy (non-hydrogen) atoms. The number of hydrogen-bond donors (Lipinski definition) is 0. The molecule has 0 bridgehead atoms. The molecule has 96 valence electrons. The van der Waals surface area contributed by atoms with Crippen LogP contribution in [0.15, 0.2) is 33.7 Å². The number of hydrogen-bond acceptors (Lipinski definition) is 3. The summed E-state index contributed by atoms with van der Waals surface area (Å²) in [4.78, 5) is 19.4. The highest BCUT2D eigenvalue weighted by molar-refractivity contribution is 6.22. The lowest BCUT2D eigenvalue weighted by atomic mass is 9.88. The van der Waals surface area contributed by atoms with Gasteiger partial charge in [0.25, 0.3) is 0 Å². The summed E-state index contributed by atoms with van der Waals surface area (Å²) < 4.78 is 10.5. The fraction of sp³-hybridized carbons (Fsp3) is 0.462. The molecule has 1 atom stereocenters. The first kappa shape index (κ1) is 12.5. The molecule has 5 heteroatoms. The lowest BCUT2D eigenvalue weighted by molar-refractivity contribution is 0.218. The van der Waals surface area contributed by atoms with Crippen LogP contribution in [0.5, 0.6) is 0 Å². The average Bonchev–Trinajstić information content (AvgIpc) is 2.37. The quantitative estimate of drug-likeness (QED) is 0.768. The summed E-state index contributed by atoms with van der Waals surface area (Å²) in [6, 6.07) is -0.439. The van der Waals surface area contributed by atoms with E-state index >= 15 is 0 Å². The number of ether oxygens (including phenoxy) is 2. The third-order valence-corrected chi connectivity index (χ3v) is 2.93. The fourth-order valence-corrected chi connectivity index (χ4v) is 2.11. The SMILES string of the molecule is CCCC1=NC(=O)N=C2C=C(OC)C(OC)=CC21. The van der Waals surface area contributed by atoms with Crippen LogP contribution in [0, 0.1) is 5.92 Å². The molecular weight excluding hydrogens is 232 g/mol. The van der Waals surface area contributed by atoms with E-state index in [1.807, 2.05) is 6.08 Å². The van der Waals surface area contributed by atoms with Gasteiger partial charge in [0.15, 0.2) is 11.5 Å². The molecule has 0 aromatic heterocycles. The Labute approximate surface area is 106 Å². The van der Waals surface area contributed by atoms with E-state index in [9.17, 15) is 4.79 Å². The Morgan fingerprint density at radius 3 is 2.56 bits per heavy atom. The number of rotatable bonds is 4. The molecule has 2 amide bonds. The molecule has 0 saturated carbocycles. The van der Waals surface area contributed by atoms with Crippen molar-refractivity contribution in [2.45, 2.75) is 19.8 Å². The van der Waals surface area contributed by atoms with E-state index in [1.165, 1.54) is 0 Å². The van der Waals surface area contributed by atoms with E-state index in [1.54, 1.807) is 20.3 Å². The van der Waals surface area contributed by atoms with Gasteiger partial charge < -0.3 is 9.47 Å². The van der Waals surface area contributed by atoms with Gasteiger partial charge >= 0.3 is 6.03 Å². The summed E-state index contributed by atoms with van der Waals surface area (Å²) in [5, 5.41) is 0. The van der Waals surface area contributed by atoms with Crippen molar-refractivity contribution in [2.24, 2.45) is 15.9 Å². The van der Waals surface area contributed by atoms with Crippen molar-refractivity contribution in [1.82, 2.24) is 0 Å². The maximum absolute atomic E-state index is 11.5. The zero-order valence-corrected chi connectivity index (χ0v) is 10.8. The Balaban J connectivity index is 2.39. The monoisotopic (exact) mass is 248 g/mol. The second kappa shape index (κ2) is 5.16. The van der Waals surface area contributed by atoms with E-state index in [-0.39, 0.29) is 5.92 Å². The smallest absolute Gasteiger partial charge is 0.367 e. The van der Waals surface area contributed by atoms with Crippen molar-refractivity contribution in [3.05, 3.63) is 23.7 Å². The van der Waals surface area contributed by atoms with Crippen molar-refractivity contribution in [3.8, 4) is 0 Å². The van der Waals surface area contributed by atoms with Gasteiger partial charge in [0.2, 0.25) is 0 Å². The van der Waals surface area contributed by atoms with E-state index in [0.29, 0.717) is 17.2 Å². The number of carbonyl (C=O) groups excluding carboxylic acids is 1. The summed E-state index contributed by atoms with van der Waals surface area (Å²) in [7, 11) is 3.15. The summed E-state index contributed by atoms with van der Waals surface area (Å²) in [6.45, 7) is 2.05. The summed E-state index contributed by atoms with van der Waals surface area (Å²) in [5.74, 6) is 1.16. The van der Waals surface area contributed by atoms with Gasteiger partial charge in [-0.05, 0) is 12.5 Å². The van der Waals surface area contributed by atoms with Crippen molar-refractivity contribution < 1.29 is 14.3 Å². The Morgan fingerprint density at radius 1 is 1.22 bits per heavy atom. The standard InChI is InChI=1S/C13H16N2O3/c1-4-5-9-8-6-11(17-2)12(18-3)7-10(8)15-13(16)14-9/h6-8H,4-5H2,1-3H3. The number of carbonyl (C=O) groups is 1. The van der Waals surface area contributed by atoms with Crippen LogP contribution in [0.25, 0.3) is 0 Å². The second-order valence-corrected chi connectivity index (χ2v) is 4.10. The second-order valence-electron chi connectivity index (χ2n) is 4.10.